The third kappa shape index (κ3) is 2.10. The summed E-state index contributed by atoms with van der Waals surface area (Å²) < 4.78 is 5.07. The van der Waals surface area contributed by atoms with Crippen molar-refractivity contribution >= 4 is 10.8 Å². The predicted octanol–water partition coefficient (Wildman–Crippen LogP) is 2.73. The molecule has 2 aromatic rings. The van der Waals surface area contributed by atoms with E-state index in [9.17, 15) is 5.11 Å². The van der Waals surface area contributed by atoms with Crippen molar-refractivity contribution in [2.75, 3.05) is 13.7 Å². The number of ether oxygens (including phenoxy) is 1. The number of hydrogen-bond donors (Lipinski definition) is 1. The minimum Gasteiger partial charge on any atom is -0.508 e. The molecule has 2 heteroatoms. The van der Waals surface area contributed by atoms with E-state index in [-0.39, 0.29) is 0 Å². The Balaban J connectivity index is 2.46. The molecule has 0 saturated heterocycles. The molecule has 0 amide bonds. The van der Waals surface area contributed by atoms with Gasteiger partial charge in [-0.15, -0.1) is 0 Å². The molecule has 2 rings (SSSR count). The molecule has 0 spiro atoms. The zero-order valence-corrected chi connectivity index (χ0v) is 8.73. The van der Waals surface area contributed by atoms with Gasteiger partial charge in [0.1, 0.15) is 5.75 Å². The molecule has 0 fully saturated rings. The first-order valence-electron chi connectivity index (χ1n) is 5.01. The Morgan fingerprint density at radius 3 is 2.87 bits per heavy atom. The number of fused-ring (bicyclic) bond motifs is 1. The van der Waals surface area contributed by atoms with Crippen molar-refractivity contribution in [1.82, 2.24) is 0 Å². The summed E-state index contributed by atoms with van der Waals surface area (Å²) in [6.07, 6.45) is 0.901. The molecule has 2 aromatic carbocycles. The summed E-state index contributed by atoms with van der Waals surface area (Å²) in [5, 5.41) is 11.6. The Hall–Kier alpha value is -1.54. The summed E-state index contributed by atoms with van der Waals surface area (Å²) in [5.74, 6) is 0.311. The van der Waals surface area contributed by atoms with Gasteiger partial charge in [0.25, 0.3) is 0 Å². The van der Waals surface area contributed by atoms with E-state index in [2.05, 4.69) is 6.07 Å². The number of hydrogen-bond acceptors (Lipinski definition) is 2. The highest BCUT2D eigenvalue weighted by Gasteiger charge is 2.01. The molecular weight excluding hydrogens is 188 g/mol. The van der Waals surface area contributed by atoms with E-state index in [0.29, 0.717) is 5.75 Å². The van der Waals surface area contributed by atoms with Crippen LogP contribution in [-0.2, 0) is 11.2 Å². The van der Waals surface area contributed by atoms with Gasteiger partial charge >= 0.3 is 0 Å². The standard InChI is InChI=1S/C13H14O2/c1-15-8-7-10-3-2-4-11-9-12(14)5-6-13(10)11/h2-6,9,14H,7-8H2,1H3. The summed E-state index contributed by atoms with van der Waals surface area (Å²) in [6, 6.07) is 11.6. The minimum atomic E-state index is 0.311. The molecule has 0 unspecified atom stereocenters. The monoisotopic (exact) mass is 202 g/mol. The van der Waals surface area contributed by atoms with E-state index in [4.69, 9.17) is 4.74 Å². The Morgan fingerprint density at radius 2 is 2.07 bits per heavy atom. The molecule has 0 heterocycles. The van der Waals surface area contributed by atoms with Gasteiger partial charge in [-0.05, 0) is 34.9 Å². The average Bonchev–Trinajstić information content (AvgIpc) is 2.25. The van der Waals surface area contributed by atoms with Crippen LogP contribution >= 0.6 is 0 Å². The molecule has 0 aromatic heterocycles. The van der Waals surface area contributed by atoms with Crippen LogP contribution in [-0.4, -0.2) is 18.8 Å². The van der Waals surface area contributed by atoms with Crippen LogP contribution in [0.5, 0.6) is 5.75 Å². The van der Waals surface area contributed by atoms with Crippen molar-refractivity contribution in [3.05, 3.63) is 42.0 Å². The molecule has 0 aliphatic heterocycles. The van der Waals surface area contributed by atoms with Crippen LogP contribution in [0.15, 0.2) is 36.4 Å². The quantitative estimate of drug-likeness (QED) is 0.829. The SMILES string of the molecule is COCCc1cccc2cc(O)ccc12. The van der Waals surface area contributed by atoms with Crippen molar-refractivity contribution in [2.24, 2.45) is 0 Å². The normalized spacial score (nSPS) is 10.7. The van der Waals surface area contributed by atoms with E-state index in [1.165, 1.54) is 10.9 Å². The number of rotatable bonds is 3. The van der Waals surface area contributed by atoms with Gasteiger partial charge in [-0.2, -0.15) is 0 Å². The second-order valence-corrected chi connectivity index (χ2v) is 3.57. The zero-order valence-electron chi connectivity index (χ0n) is 8.73. The summed E-state index contributed by atoms with van der Waals surface area (Å²) in [6.45, 7) is 0.722. The fourth-order valence-corrected chi connectivity index (χ4v) is 1.77. The first-order chi connectivity index (χ1) is 7.31. The number of benzene rings is 2. The van der Waals surface area contributed by atoms with Crippen molar-refractivity contribution in [1.29, 1.82) is 0 Å². The van der Waals surface area contributed by atoms with Crippen LogP contribution in [0.25, 0.3) is 10.8 Å². The van der Waals surface area contributed by atoms with Gasteiger partial charge in [0.2, 0.25) is 0 Å². The molecule has 2 nitrogen and oxygen atoms in total. The molecule has 0 saturated carbocycles. The van der Waals surface area contributed by atoms with Crippen LogP contribution in [0.4, 0.5) is 0 Å². The highest BCUT2D eigenvalue weighted by Crippen LogP contribution is 2.23. The molecular formula is C13H14O2. The largest absolute Gasteiger partial charge is 0.508 e. The maximum Gasteiger partial charge on any atom is 0.116 e. The first kappa shape index (κ1) is 9.99. The van der Waals surface area contributed by atoms with E-state index >= 15 is 0 Å². The maximum absolute atomic E-state index is 9.37. The van der Waals surface area contributed by atoms with Gasteiger partial charge in [0.05, 0.1) is 6.61 Å². The van der Waals surface area contributed by atoms with Gasteiger partial charge in [0, 0.05) is 7.11 Å². The Kier molecular flexibility index (Phi) is 2.88. The zero-order chi connectivity index (χ0) is 10.7. The van der Waals surface area contributed by atoms with Crippen LogP contribution < -0.4 is 0 Å². The molecule has 0 bridgehead atoms. The van der Waals surface area contributed by atoms with Crippen LogP contribution in [0.3, 0.4) is 0 Å². The molecule has 0 radical (unpaired) electrons. The summed E-state index contributed by atoms with van der Waals surface area (Å²) in [7, 11) is 1.71. The third-order valence-electron chi connectivity index (χ3n) is 2.53. The number of methoxy groups -OCH3 is 1. The van der Waals surface area contributed by atoms with Crippen molar-refractivity contribution < 1.29 is 9.84 Å². The second-order valence-electron chi connectivity index (χ2n) is 3.57. The van der Waals surface area contributed by atoms with E-state index in [1.807, 2.05) is 18.2 Å². The lowest BCUT2D eigenvalue weighted by Gasteiger charge is -2.06. The lowest BCUT2D eigenvalue weighted by Crippen LogP contribution is -1.95. The molecule has 78 valence electrons. The summed E-state index contributed by atoms with van der Waals surface area (Å²) in [4.78, 5) is 0. The molecule has 1 N–H and O–H groups in total. The lowest BCUT2D eigenvalue weighted by atomic mass is 10.0. The van der Waals surface area contributed by atoms with Gasteiger partial charge in [-0.3, -0.25) is 0 Å². The number of phenolic OH excluding ortho intramolecular Hbond substituents is 1. The van der Waals surface area contributed by atoms with Crippen LogP contribution in [0.1, 0.15) is 5.56 Å². The average molecular weight is 202 g/mol. The van der Waals surface area contributed by atoms with E-state index in [0.717, 1.165) is 18.4 Å². The minimum absolute atomic E-state index is 0.311. The second kappa shape index (κ2) is 4.32. The van der Waals surface area contributed by atoms with Gasteiger partial charge in [0.15, 0.2) is 0 Å². The fourth-order valence-electron chi connectivity index (χ4n) is 1.77. The highest BCUT2D eigenvalue weighted by molar-refractivity contribution is 5.86. The van der Waals surface area contributed by atoms with E-state index in [1.54, 1.807) is 19.2 Å². The lowest BCUT2D eigenvalue weighted by molar-refractivity contribution is 0.202. The predicted molar refractivity (Wildman–Crippen MR) is 61.2 cm³/mol. The Bertz CT molecular complexity index is 463. The smallest absolute Gasteiger partial charge is 0.116 e. The van der Waals surface area contributed by atoms with Crippen LogP contribution in [0, 0.1) is 0 Å². The van der Waals surface area contributed by atoms with Gasteiger partial charge in [-0.25, -0.2) is 0 Å². The van der Waals surface area contributed by atoms with Gasteiger partial charge < -0.3 is 9.84 Å². The molecule has 15 heavy (non-hydrogen) atoms. The molecule has 0 atom stereocenters. The molecule has 0 aliphatic rings. The third-order valence-corrected chi connectivity index (χ3v) is 2.53. The molecule has 0 aliphatic carbocycles. The van der Waals surface area contributed by atoms with Crippen molar-refractivity contribution in [2.45, 2.75) is 6.42 Å². The Morgan fingerprint density at radius 1 is 1.20 bits per heavy atom. The van der Waals surface area contributed by atoms with Crippen molar-refractivity contribution in [3.63, 3.8) is 0 Å². The fraction of sp³-hybridized carbons (Fsp3) is 0.231. The summed E-state index contributed by atoms with van der Waals surface area (Å²) in [5.41, 5.74) is 1.26. The van der Waals surface area contributed by atoms with E-state index < -0.39 is 0 Å². The maximum atomic E-state index is 9.37. The number of aromatic hydroxyl groups is 1. The highest BCUT2D eigenvalue weighted by atomic mass is 16.5. The Labute approximate surface area is 89.1 Å². The first-order valence-corrected chi connectivity index (χ1v) is 5.01. The van der Waals surface area contributed by atoms with Crippen molar-refractivity contribution in [3.8, 4) is 5.75 Å². The summed E-state index contributed by atoms with van der Waals surface area (Å²) >= 11 is 0. The number of phenols is 1. The van der Waals surface area contributed by atoms with Gasteiger partial charge in [-0.1, -0.05) is 24.3 Å². The van der Waals surface area contributed by atoms with Crippen LogP contribution in [0.2, 0.25) is 0 Å². The topological polar surface area (TPSA) is 29.5 Å².